The Morgan fingerprint density at radius 2 is 1.90 bits per heavy atom. The largest absolute Gasteiger partial charge is 0.495 e. The van der Waals surface area contributed by atoms with Gasteiger partial charge in [-0.15, -0.1) is 0 Å². The van der Waals surface area contributed by atoms with Gasteiger partial charge in [0.1, 0.15) is 5.75 Å². The van der Waals surface area contributed by atoms with Crippen molar-refractivity contribution in [1.82, 2.24) is 15.1 Å². The SMILES string of the molecule is CN=C(NCC1CCN(c2ccccc2OC)C1)N1CCN(C(=O)c2ccco2)CC1. The third kappa shape index (κ3) is 4.78. The van der Waals surface area contributed by atoms with Crippen molar-refractivity contribution in [3.05, 3.63) is 48.4 Å². The number of guanidine groups is 1. The van der Waals surface area contributed by atoms with E-state index in [4.69, 9.17) is 9.15 Å². The van der Waals surface area contributed by atoms with Gasteiger partial charge in [-0.3, -0.25) is 9.79 Å². The van der Waals surface area contributed by atoms with E-state index in [-0.39, 0.29) is 5.91 Å². The number of methoxy groups -OCH3 is 1. The van der Waals surface area contributed by atoms with Crippen LogP contribution in [0.1, 0.15) is 17.0 Å². The van der Waals surface area contributed by atoms with Gasteiger partial charge in [-0.1, -0.05) is 12.1 Å². The number of piperazine rings is 1. The second-order valence-corrected chi connectivity index (χ2v) is 7.96. The number of hydrogen-bond acceptors (Lipinski definition) is 5. The average molecular weight is 426 g/mol. The van der Waals surface area contributed by atoms with Gasteiger partial charge in [0.2, 0.25) is 0 Å². The lowest BCUT2D eigenvalue weighted by atomic mass is 10.1. The Morgan fingerprint density at radius 3 is 2.61 bits per heavy atom. The molecule has 8 nitrogen and oxygen atoms in total. The predicted octanol–water partition coefficient (Wildman–Crippen LogP) is 2.15. The monoisotopic (exact) mass is 425 g/mol. The number of rotatable bonds is 5. The van der Waals surface area contributed by atoms with E-state index >= 15 is 0 Å². The fourth-order valence-corrected chi connectivity index (χ4v) is 4.35. The molecule has 31 heavy (non-hydrogen) atoms. The minimum absolute atomic E-state index is 0.0463. The molecule has 2 saturated heterocycles. The Kier molecular flexibility index (Phi) is 6.64. The lowest BCUT2D eigenvalue weighted by molar-refractivity contribution is 0.0657. The fourth-order valence-electron chi connectivity index (χ4n) is 4.35. The number of aliphatic imine (C=N–C) groups is 1. The number of ether oxygens (including phenoxy) is 1. The molecule has 4 rings (SSSR count). The number of amides is 1. The molecule has 1 amide bonds. The summed E-state index contributed by atoms with van der Waals surface area (Å²) in [5.74, 6) is 2.73. The van der Waals surface area contributed by atoms with Gasteiger partial charge >= 0.3 is 0 Å². The number of benzene rings is 1. The van der Waals surface area contributed by atoms with Crippen LogP contribution in [0.25, 0.3) is 0 Å². The molecule has 0 aliphatic carbocycles. The summed E-state index contributed by atoms with van der Waals surface area (Å²) >= 11 is 0. The number of para-hydroxylation sites is 2. The van der Waals surface area contributed by atoms with Gasteiger partial charge in [0.05, 0.1) is 19.1 Å². The molecule has 0 radical (unpaired) electrons. The minimum atomic E-state index is -0.0463. The standard InChI is InChI=1S/C23H31N5O3/c1-24-23(27-13-11-26(12-14-27)22(29)21-8-5-15-31-21)25-16-18-9-10-28(17-18)19-6-3-4-7-20(19)30-2/h3-8,15,18H,9-14,16-17H2,1-2H3,(H,24,25). The Morgan fingerprint density at radius 1 is 1.13 bits per heavy atom. The second kappa shape index (κ2) is 9.76. The fraction of sp³-hybridized carbons (Fsp3) is 0.478. The maximum absolute atomic E-state index is 12.5. The number of furan rings is 1. The summed E-state index contributed by atoms with van der Waals surface area (Å²) < 4.78 is 10.8. The molecule has 166 valence electrons. The van der Waals surface area contributed by atoms with Crippen molar-refractivity contribution in [1.29, 1.82) is 0 Å². The van der Waals surface area contributed by atoms with Crippen molar-refractivity contribution in [3.63, 3.8) is 0 Å². The highest BCUT2D eigenvalue weighted by molar-refractivity contribution is 5.91. The zero-order valence-electron chi connectivity index (χ0n) is 18.3. The van der Waals surface area contributed by atoms with E-state index < -0.39 is 0 Å². The number of nitrogens with zero attached hydrogens (tertiary/aromatic N) is 4. The van der Waals surface area contributed by atoms with Crippen LogP contribution in [0.3, 0.4) is 0 Å². The normalized spacial score (nSPS) is 19.6. The van der Waals surface area contributed by atoms with E-state index in [9.17, 15) is 4.79 Å². The summed E-state index contributed by atoms with van der Waals surface area (Å²) in [7, 11) is 3.54. The summed E-state index contributed by atoms with van der Waals surface area (Å²) in [6.07, 6.45) is 2.67. The van der Waals surface area contributed by atoms with Crippen LogP contribution in [-0.2, 0) is 0 Å². The zero-order chi connectivity index (χ0) is 21.6. The molecule has 1 unspecified atom stereocenters. The number of carbonyl (C=O) groups excluding carboxylic acids is 1. The molecule has 2 fully saturated rings. The summed E-state index contributed by atoms with van der Waals surface area (Å²) in [4.78, 5) is 23.4. The molecule has 0 saturated carbocycles. The summed E-state index contributed by atoms with van der Waals surface area (Å²) in [6, 6.07) is 11.7. The lowest BCUT2D eigenvalue weighted by Crippen LogP contribution is -2.54. The highest BCUT2D eigenvalue weighted by Crippen LogP contribution is 2.31. The minimum Gasteiger partial charge on any atom is -0.495 e. The van der Waals surface area contributed by atoms with Crippen LogP contribution < -0.4 is 15.0 Å². The van der Waals surface area contributed by atoms with Crippen molar-refractivity contribution < 1.29 is 13.9 Å². The van der Waals surface area contributed by atoms with E-state index in [1.165, 1.54) is 6.26 Å². The Hall–Kier alpha value is -3.16. The molecule has 0 bridgehead atoms. The molecule has 2 aromatic rings. The van der Waals surface area contributed by atoms with Crippen LogP contribution >= 0.6 is 0 Å². The number of anilines is 1. The molecular formula is C23H31N5O3. The van der Waals surface area contributed by atoms with E-state index in [2.05, 4.69) is 32.2 Å². The van der Waals surface area contributed by atoms with Gasteiger partial charge in [-0.25, -0.2) is 0 Å². The van der Waals surface area contributed by atoms with Gasteiger partial charge in [0.25, 0.3) is 5.91 Å². The van der Waals surface area contributed by atoms with Crippen LogP contribution in [0.15, 0.2) is 52.1 Å². The maximum atomic E-state index is 12.5. The van der Waals surface area contributed by atoms with Crippen molar-refractivity contribution in [3.8, 4) is 5.75 Å². The predicted molar refractivity (Wildman–Crippen MR) is 121 cm³/mol. The highest BCUT2D eigenvalue weighted by atomic mass is 16.5. The molecule has 1 aromatic carbocycles. The van der Waals surface area contributed by atoms with Crippen LogP contribution in [0.5, 0.6) is 5.75 Å². The first-order chi connectivity index (χ1) is 15.2. The first-order valence-electron chi connectivity index (χ1n) is 10.9. The summed E-state index contributed by atoms with van der Waals surface area (Å²) in [5, 5.41) is 3.55. The molecule has 1 atom stereocenters. The summed E-state index contributed by atoms with van der Waals surface area (Å²) in [5.41, 5.74) is 1.16. The van der Waals surface area contributed by atoms with Gasteiger partial charge in [0.15, 0.2) is 11.7 Å². The van der Waals surface area contributed by atoms with Gasteiger partial charge in [0, 0.05) is 52.9 Å². The van der Waals surface area contributed by atoms with Crippen LogP contribution in [0.2, 0.25) is 0 Å². The van der Waals surface area contributed by atoms with Crippen molar-refractivity contribution in [2.24, 2.45) is 10.9 Å². The van der Waals surface area contributed by atoms with Crippen LogP contribution in [0, 0.1) is 5.92 Å². The van der Waals surface area contributed by atoms with Gasteiger partial charge in [-0.05, 0) is 36.6 Å². The first-order valence-corrected chi connectivity index (χ1v) is 10.9. The van der Waals surface area contributed by atoms with Crippen molar-refractivity contribution in [2.75, 3.05) is 64.9 Å². The molecule has 3 heterocycles. The quantitative estimate of drug-likeness (QED) is 0.585. The molecule has 2 aliphatic heterocycles. The topological polar surface area (TPSA) is 73.6 Å². The summed E-state index contributed by atoms with van der Waals surface area (Å²) in [6.45, 7) is 5.73. The Labute approximate surface area is 183 Å². The number of hydrogen-bond donors (Lipinski definition) is 1. The van der Waals surface area contributed by atoms with Crippen LogP contribution in [-0.4, -0.2) is 81.6 Å². The van der Waals surface area contributed by atoms with Crippen LogP contribution in [0.4, 0.5) is 5.69 Å². The first kappa shape index (κ1) is 21.1. The van der Waals surface area contributed by atoms with E-state index in [0.717, 1.165) is 56.5 Å². The van der Waals surface area contributed by atoms with Crippen molar-refractivity contribution >= 4 is 17.6 Å². The number of nitrogens with one attached hydrogen (secondary N) is 1. The molecule has 1 aromatic heterocycles. The molecule has 1 N–H and O–H groups in total. The Balaban J connectivity index is 1.25. The number of carbonyl (C=O) groups is 1. The van der Waals surface area contributed by atoms with Gasteiger partial charge in [-0.2, -0.15) is 0 Å². The third-order valence-electron chi connectivity index (χ3n) is 6.07. The molecule has 0 spiro atoms. The molecule has 8 heteroatoms. The smallest absolute Gasteiger partial charge is 0.289 e. The average Bonchev–Trinajstić information content (AvgIpc) is 3.52. The Bertz CT molecular complexity index is 890. The van der Waals surface area contributed by atoms with E-state index in [1.54, 1.807) is 19.2 Å². The second-order valence-electron chi connectivity index (χ2n) is 7.96. The third-order valence-corrected chi connectivity index (χ3v) is 6.07. The molecule has 2 aliphatic rings. The highest BCUT2D eigenvalue weighted by Gasteiger charge is 2.27. The van der Waals surface area contributed by atoms with Gasteiger partial charge < -0.3 is 29.2 Å². The zero-order valence-corrected chi connectivity index (χ0v) is 18.3. The van der Waals surface area contributed by atoms with E-state index in [0.29, 0.717) is 24.8 Å². The lowest BCUT2D eigenvalue weighted by Gasteiger charge is -2.36. The van der Waals surface area contributed by atoms with Crippen molar-refractivity contribution in [2.45, 2.75) is 6.42 Å². The molecular weight excluding hydrogens is 394 g/mol. The van der Waals surface area contributed by atoms with E-state index in [1.807, 2.05) is 24.1 Å². The maximum Gasteiger partial charge on any atom is 0.289 e.